The number of fused-ring (bicyclic) bond motifs is 1. The SMILES string of the molecule is COc1cc(NC(=O)NCC(c2ccc(N(C)C)cc2)N2CCc3ccccc32)cc(OC)c1. The Hall–Kier alpha value is -3.87. The van der Waals surface area contributed by atoms with Crippen LogP contribution in [0.4, 0.5) is 21.9 Å². The van der Waals surface area contributed by atoms with Crippen LogP contribution in [0, 0.1) is 0 Å². The van der Waals surface area contributed by atoms with Gasteiger partial charge in [-0.2, -0.15) is 0 Å². The number of ether oxygens (including phenoxy) is 2. The third-order valence-corrected chi connectivity index (χ3v) is 6.16. The van der Waals surface area contributed by atoms with Crippen LogP contribution >= 0.6 is 0 Å². The Morgan fingerprint density at radius 3 is 2.32 bits per heavy atom. The molecule has 0 radical (unpaired) electrons. The fraction of sp³-hybridized carbons (Fsp3) is 0.296. The van der Waals surface area contributed by atoms with Crippen molar-refractivity contribution in [2.45, 2.75) is 12.5 Å². The van der Waals surface area contributed by atoms with E-state index >= 15 is 0 Å². The van der Waals surface area contributed by atoms with Crippen LogP contribution in [-0.4, -0.2) is 47.4 Å². The number of hydrogen-bond donors (Lipinski definition) is 2. The lowest BCUT2D eigenvalue weighted by Gasteiger charge is -2.31. The molecule has 1 aliphatic heterocycles. The Labute approximate surface area is 201 Å². The minimum atomic E-state index is -0.280. The minimum Gasteiger partial charge on any atom is -0.497 e. The molecule has 178 valence electrons. The predicted molar refractivity (Wildman–Crippen MR) is 138 cm³/mol. The number of nitrogens with zero attached hydrogens (tertiary/aromatic N) is 2. The van der Waals surface area contributed by atoms with E-state index in [1.807, 2.05) is 14.1 Å². The van der Waals surface area contributed by atoms with Crippen LogP contribution in [0.5, 0.6) is 11.5 Å². The summed E-state index contributed by atoms with van der Waals surface area (Å²) in [4.78, 5) is 17.3. The number of carbonyl (C=O) groups excluding carboxylic acids is 1. The van der Waals surface area contributed by atoms with E-state index in [1.165, 1.54) is 11.3 Å². The summed E-state index contributed by atoms with van der Waals surface area (Å²) >= 11 is 0. The van der Waals surface area contributed by atoms with E-state index in [2.05, 4.69) is 69.0 Å². The van der Waals surface area contributed by atoms with Crippen LogP contribution in [0.2, 0.25) is 0 Å². The van der Waals surface area contributed by atoms with Crippen molar-refractivity contribution < 1.29 is 14.3 Å². The summed E-state index contributed by atoms with van der Waals surface area (Å²) < 4.78 is 10.6. The van der Waals surface area contributed by atoms with E-state index < -0.39 is 0 Å². The highest BCUT2D eigenvalue weighted by Gasteiger charge is 2.27. The molecule has 7 heteroatoms. The number of anilines is 3. The second-order valence-electron chi connectivity index (χ2n) is 8.51. The number of rotatable bonds is 8. The van der Waals surface area contributed by atoms with Crippen molar-refractivity contribution >= 4 is 23.1 Å². The van der Waals surface area contributed by atoms with Gasteiger partial charge in [0.05, 0.1) is 20.3 Å². The van der Waals surface area contributed by atoms with Crippen LogP contribution in [-0.2, 0) is 6.42 Å². The number of carbonyl (C=O) groups is 1. The van der Waals surface area contributed by atoms with Crippen LogP contribution in [0.15, 0.2) is 66.7 Å². The summed E-state index contributed by atoms with van der Waals surface area (Å²) in [6, 6.07) is 22.0. The van der Waals surface area contributed by atoms with E-state index in [1.54, 1.807) is 32.4 Å². The summed E-state index contributed by atoms with van der Waals surface area (Å²) in [6.45, 7) is 1.37. The van der Waals surface area contributed by atoms with Gasteiger partial charge in [0.15, 0.2) is 0 Å². The van der Waals surface area contributed by atoms with Gasteiger partial charge in [-0.05, 0) is 35.7 Å². The van der Waals surface area contributed by atoms with Crippen molar-refractivity contribution in [2.24, 2.45) is 0 Å². The van der Waals surface area contributed by atoms with E-state index in [-0.39, 0.29) is 12.1 Å². The molecule has 2 N–H and O–H groups in total. The van der Waals surface area contributed by atoms with Gasteiger partial charge < -0.3 is 29.9 Å². The van der Waals surface area contributed by atoms with E-state index in [4.69, 9.17) is 9.47 Å². The Morgan fingerprint density at radius 2 is 1.68 bits per heavy atom. The summed E-state index contributed by atoms with van der Waals surface area (Å²) in [5, 5.41) is 5.96. The molecule has 3 aromatic rings. The first kappa shape index (κ1) is 23.3. The molecular formula is C27H32N4O3. The van der Waals surface area contributed by atoms with E-state index in [0.29, 0.717) is 23.7 Å². The molecule has 0 fully saturated rings. The summed E-state index contributed by atoms with van der Waals surface area (Å²) in [7, 11) is 7.22. The van der Waals surface area contributed by atoms with Gasteiger partial charge in [-0.25, -0.2) is 4.79 Å². The number of amides is 2. The van der Waals surface area contributed by atoms with Crippen LogP contribution in [0.1, 0.15) is 17.2 Å². The van der Waals surface area contributed by atoms with E-state index in [9.17, 15) is 4.79 Å². The first-order chi connectivity index (χ1) is 16.5. The Bertz CT molecular complexity index is 1110. The molecule has 0 spiro atoms. The molecule has 2 amide bonds. The number of para-hydroxylation sites is 1. The molecule has 0 saturated carbocycles. The maximum atomic E-state index is 12.8. The monoisotopic (exact) mass is 460 g/mol. The van der Waals surface area contributed by atoms with Crippen LogP contribution < -0.4 is 29.9 Å². The standard InChI is InChI=1S/C27H32N4O3/c1-30(2)22-11-9-20(10-12-22)26(31-14-13-19-7-5-6-8-25(19)31)18-28-27(32)29-21-15-23(33-3)17-24(16-21)34-4/h5-12,15-17,26H,13-14,18H2,1-4H3,(H2,28,29,32). The number of benzene rings is 3. The first-order valence-electron chi connectivity index (χ1n) is 11.4. The maximum Gasteiger partial charge on any atom is 0.319 e. The fourth-order valence-electron chi connectivity index (χ4n) is 4.33. The highest BCUT2D eigenvalue weighted by molar-refractivity contribution is 5.89. The summed E-state index contributed by atoms with van der Waals surface area (Å²) in [6.07, 6.45) is 0.998. The summed E-state index contributed by atoms with van der Waals surface area (Å²) in [5.41, 5.74) is 5.47. The zero-order chi connectivity index (χ0) is 24.1. The lowest BCUT2D eigenvalue weighted by Crippen LogP contribution is -2.39. The second-order valence-corrected chi connectivity index (χ2v) is 8.51. The van der Waals surface area contributed by atoms with Crippen molar-refractivity contribution in [2.75, 3.05) is 56.5 Å². The van der Waals surface area contributed by atoms with Gasteiger partial charge in [0.2, 0.25) is 0 Å². The van der Waals surface area contributed by atoms with Gasteiger partial charge in [-0.1, -0.05) is 30.3 Å². The Balaban J connectivity index is 1.53. The zero-order valence-electron chi connectivity index (χ0n) is 20.2. The van der Waals surface area contributed by atoms with Gasteiger partial charge in [0.1, 0.15) is 11.5 Å². The number of nitrogens with one attached hydrogen (secondary N) is 2. The molecule has 4 rings (SSSR count). The quantitative estimate of drug-likeness (QED) is 0.510. The molecule has 1 heterocycles. The van der Waals surface area contributed by atoms with Crippen LogP contribution in [0.25, 0.3) is 0 Å². The average molecular weight is 461 g/mol. The molecule has 0 bridgehead atoms. The van der Waals surface area contributed by atoms with E-state index in [0.717, 1.165) is 24.2 Å². The normalized spacial score (nSPS) is 13.1. The molecule has 1 unspecified atom stereocenters. The van der Waals surface area contributed by atoms with Gasteiger partial charge in [0, 0.05) is 62.4 Å². The zero-order valence-corrected chi connectivity index (χ0v) is 20.2. The molecule has 0 saturated heterocycles. The lowest BCUT2D eigenvalue weighted by atomic mass is 10.0. The van der Waals surface area contributed by atoms with Crippen molar-refractivity contribution in [3.8, 4) is 11.5 Å². The Kier molecular flexibility index (Phi) is 7.11. The van der Waals surface area contributed by atoms with Gasteiger partial charge in [-0.15, -0.1) is 0 Å². The molecule has 0 aromatic heterocycles. The van der Waals surface area contributed by atoms with Crippen molar-refractivity contribution in [1.29, 1.82) is 0 Å². The van der Waals surface area contributed by atoms with Crippen molar-refractivity contribution in [1.82, 2.24) is 5.32 Å². The van der Waals surface area contributed by atoms with Crippen LogP contribution in [0.3, 0.4) is 0 Å². The topological polar surface area (TPSA) is 66.1 Å². The fourth-order valence-corrected chi connectivity index (χ4v) is 4.33. The maximum absolute atomic E-state index is 12.8. The number of methoxy groups -OCH3 is 2. The third kappa shape index (κ3) is 5.20. The second kappa shape index (κ2) is 10.4. The molecule has 34 heavy (non-hydrogen) atoms. The largest absolute Gasteiger partial charge is 0.497 e. The third-order valence-electron chi connectivity index (χ3n) is 6.16. The summed E-state index contributed by atoms with van der Waals surface area (Å²) in [5.74, 6) is 1.23. The lowest BCUT2D eigenvalue weighted by molar-refractivity contribution is 0.251. The van der Waals surface area contributed by atoms with Crippen molar-refractivity contribution in [3.05, 3.63) is 77.9 Å². The predicted octanol–water partition coefficient (Wildman–Crippen LogP) is 4.70. The Morgan fingerprint density at radius 1 is 1.00 bits per heavy atom. The number of hydrogen-bond acceptors (Lipinski definition) is 5. The smallest absolute Gasteiger partial charge is 0.319 e. The molecular weight excluding hydrogens is 428 g/mol. The minimum absolute atomic E-state index is 0.00505. The molecule has 7 nitrogen and oxygen atoms in total. The highest BCUT2D eigenvalue weighted by Crippen LogP contribution is 2.35. The highest BCUT2D eigenvalue weighted by atomic mass is 16.5. The van der Waals surface area contributed by atoms with Gasteiger partial charge in [-0.3, -0.25) is 0 Å². The van der Waals surface area contributed by atoms with Gasteiger partial charge >= 0.3 is 6.03 Å². The molecule has 0 aliphatic carbocycles. The van der Waals surface area contributed by atoms with Crippen molar-refractivity contribution in [3.63, 3.8) is 0 Å². The molecule has 1 atom stereocenters. The first-order valence-corrected chi connectivity index (χ1v) is 11.4. The van der Waals surface area contributed by atoms with Gasteiger partial charge in [0.25, 0.3) is 0 Å². The molecule has 1 aliphatic rings. The average Bonchev–Trinajstić information content (AvgIpc) is 3.28. The molecule has 3 aromatic carbocycles. The number of urea groups is 1.